The van der Waals surface area contributed by atoms with Gasteiger partial charge in [-0.25, -0.2) is 9.78 Å². The van der Waals surface area contributed by atoms with Crippen molar-refractivity contribution in [1.82, 2.24) is 24.6 Å². The summed E-state index contributed by atoms with van der Waals surface area (Å²) in [7, 11) is 1.48. The molecule has 12 nitrogen and oxygen atoms in total. The van der Waals surface area contributed by atoms with Crippen LogP contribution in [0.2, 0.25) is 0 Å². The van der Waals surface area contributed by atoms with E-state index in [1.54, 1.807) is 39.6 Å². The van der Waals surface area contributed by atoms with E-state index in [0.717, 1.165) is 5.69 Å². The van der Waals surface area contributed by atoms with Crippen LogP contribution >= 0.6 is 0 Å². The molecule has 202 valence electrons. The number of para-hydroxylation sites is 1. The summed E-state index contributed by atoms with van der Waals surface area (Å²) < 4.78 is 8.89. The van der Waals surface area contributed by atoms with Gasteiger partial charge < -0.3 is 25.7 Å². The number of aromatic nitrogens is 4. The third-order valence-electron chi connectivity index (χ3n) is 5.84. The number of urea groups is 1. The third kappa shape index (κ3) is 6.24. The number of nitrogens with two attached hydrogens (primary N) is 1. The first-order valence-corrected chi connectivity index (χ1v) is 12.3. The monoisotopic (exact) mass is 530 g/mol. The Kier molecular flexibility index (Phi) is 8.24. The van der Waals surface area contributed by atoms with Crippen molar-refractivity contribution in [3.8, 4) is 5.75 Å². The first-order chi connectivity index (χ1) is 18.8. The molecule has 2 heterocycles. The van der Waals surface area contributed by atoms with Crippen molar-refractivity contribution in [2.45, 2.75) is 26.9 Å². The number of hydrogen-bond acceptors (Lipinski definition) is 6. The van der Waals surface area contributed by atoms with Gasteiger partial charge in [0, 0.05) is 30.9 Å². The molecule has 0 saturated carbocycles. The molecule has 0 fully saturated rings. The van der Waals surface area contributed by atoms with Gasteiger partial charge in [0.15, 0.2) is 0 Å². The molecule has 39 heavy (non-hydrogen) atoms. The van der Waals surface area contributed by atoms with Gasteiger partial charge in [-0.3, -0.25) is 19.6 Å². The molecule has 2 aromatic heterocycles. The molecular weight excluding hydrogens is 500 g/mol. The van der Waals surface area contributed by atoms with E-state index in [0.29, 0.717) is 34.7 Å². The highest BCUT2D eigenvalue weighted by molar-refractivity contribution is 6.04. The van der Waals surface area contributed by atoms with E-state index in [1.165, 1.54) is 13.2 Å². The first-order valence-electron chi connectivity index (χ1n) is 12.3. The lowest BCUT2D eigenvalue weighted by Gasteiger charge is -2.11. The minimum absolute atomic E-state index is 0.228. The molecule has 0 aliphatic rings. The Labute approximate surface area is 224 Å². The van der Waals surface area contributed by atoms with Crippen LogP contribution in [0.5, 0.6) is 5.75 Å². The predicted octanol–water partition coefficient (Wildman–Crippen LogP) is 3.30. The van der Waals surface area contributed by atoms with Crippen molar-refractivity contribution in [3.63, 3.8) is 0 Å². The second kappa shape index (κ2) is 11.9. The van der Waals surface area contributed by atoms with Crippen molar-refractivity contribution in [2.75, 3.05) is 24.3 Å². The number of primary amides is 1. The number of ether oxygens (including phenoxy) is 1. The third-order valence-corrected chi connectivity index (χ3v) is 5.84. The Hall–Kier alpha value is -5.13. The highest BCUT2D eigenvalue weighted by Gasteiger charge is 2.21. The van der Waals surface area contributed by atoms with E-state index >= 15 is 0 Å². The van der Waals surface area contributed by atoms with Gasteiger partial charge in [0.25, 0.3) is 5.91 Å². The summed E-state index contributed by atoms with van der Waals surface area (Å²) in [4.78, 5) is 41.7. The van der Waals surface area contributed by atoms with E-state index in [9.17, 15) is 14.4 Å². The molecule has 0 unspecified atom stereocenters. The predicted molar refractivity (Wildman–Crippen MR) is 148 cm³/mol. The number of aryl methyl sites for hydroxylation is 2. The molecule has 12 heteroatoms. The molecule has 2 aromatic carbocycles. The second-order valence-electron chi connectivity index (χ2n) is 8.57. The number of nitrogens with one attached hydrogen (secondary N) is 3. The first kappa shape index (κ1) is 26.9. The summed E-state index contributed by atoms with van der Waals surface area (Å²) in [6.45, 7) is 4.79. The molecule has 0 bridgehead atoms. The maximum Gasteiger partial charge on any atom is 0.319 e. The molecule has 4 rings (SSSR count). The number of fused-ring (bicyclic) bond motifs is 1. The Morgan fingerprint density at radius 2 is 1.85 bits per heavy atom. The van der Waals surface area contributed by atoms with Crippen LogP contribution in [0.3, 0.4) is 0 Å². The van der Waals surface area contributed by atoms with Gasteiger partial charge in [-0.2, -0.15) is 5.10 Å². The van der Waals surface area contributed by atoms with Gasteiger partial charge in [-0.05, 0) is 44.2 Å². The van der Waals surface area contributed by atoms with Crippen LogP contribution in [0, 0.1) is 6.92 Å². The van der Waals surface area contributed by atoms with E-state index in [-0.39, 0.29) is 36.5 Å². The van der Waals surface area contributed by atoms with Crippen LogP contribution in [0.1, 0.15) is 33.5 Å². The summed E-state index contributed by atoms with van der Waals surface area (Å²) in [5.41, 5.74) is 8.50. The van der Waals surface area contributed by atoms with Crippen molar-refractivity contribution >= 4 is 40.5 Å². The summed E-state index contributed by atoms with van der Waals surface area (Å²) >= 11 is 0. The van der Waals surface area contributed by atoms with Gasteiger partial charge in [-0.15, -0.1) is 0 Å². The lowest BCUT2D eigenvalue weighted by atomic mass is 10.1. The number of nitrogens with zero attached hydrogens (tertiary/aromatic N) is 4. The number of carbonyl (C=O) groups is 3. The lowest BCUT2D eigenvalue weighted by Crippen LogP contribution is -2.28. The number of amides is 4. The zero-order valence-electron chi connectivity index (χ0n) is 21.9. The van der Waals surface area contributed by atoms with E-state index in [2.05, 4.69) is 26.0 Å². The van der Waals surface area contributed by atoms with Gasteiger partial charge in [0.1, 0.15) is 17.0 Å². The number of carbonyl (C=O) groups excluding carboxylic acids is 3. The fraction of sp³-hybridized carbons (Fsp3) is 0.222. The molecule has 5 N–H and O–H groups in total. The fourth-order valence-corrected chi connectivity index (χ4v) is 4.05. The maximum atomic E-state index is 13.2. The molecule has 4 aromatic rings. The SMILES string of the molecule is CCn1nc(C)cc1C(=O)Nc1nc2cc(C(N)=O)cc(OC)c2n1C/C=C/CNC(=O)Nc1ccccc1. The van der Waals surface area contributed by atoms with Crippen LogP contribution in [0.4, 0.5) is 16.4 Å². The van der Waals surface area contributed by atoms with Crippen LogP contribution in [-0.4, -0.2) is 50.8 Å². The average Bonchev–Trinajstić information content (AvgIpc) is 3.47. The zero-order chi connectivity index (χ0) is 27.9. The standard InChI is InChI=1S/C27H30N8O4/c1-4-35-21(14-17(2)33-35)25(37)32-26-31-20-15-18(24(28)36)16-22(39-3)23(20)34(26)13-9-8-12-29-27(38)30-19-10-6-5-7-11-19/h5-11,14-16H,4,12-13H2,1-3H3,(H2,28,36)(H2,29,30,38)(H,31,32,37)/b9-8+. The zero-order valence-corrected chi connectivity index (χ0v) is 21.9. The molecule has 0 spiro atoms. The van der Waals surface area contributed by atoms with E-state index in [4.69, 9.17) is 10.5 Å². The van der Waals surface area contributed by atoms with Gasteiger partial charge in [0.05, 0.1) is 18.3 Å². The molecule has 0 aliphatic heterocycles. The number of rotatable bonds is 10. The van der Waals surface area contributed by atoms with Crippen LogP contribution < -0.4 is 26.4 Å². The largest absolute Gasteiger partial charge is 0.494 e. The van der Waals surface area contributed by atoms with Gasteiger partial charge >= 0.3 is 6.03 Å². The lowest BCUT2D eigenvalue weighted by molar-refractivity contribution is 0.0995. The minimum Gasteiger partial charge on any atom is -0.494 e. The molecule has 0 atom stereocenters. The van der Waals surface area contributed by atoms with Crippen molar-refractivity contribution < 1.29 is 19.1 Å². The Morgan fingerprint density at radius 1 is 1.08 bits per heavy atom. The normalized spacial score (nSPS) is 11.1. The topological polar surface area (TPSA) is 158 Å². The van der Waals surface area contributed by atoms with Crippen LogP contribution in [0.15, 0.2) is 60.7 Å². The fourth-order valence-electron chi connectivity index (χ4n) is 4.05. The van der Waals surface area contributed by atoms with Crippen molar-refractivity contribution in [3.05, 3.63) is 77.6 Å². The van der Waals surface area contributed by atoms with Gasteiger partial charge in [-0.1, -0.05) is 30.4 Å². The minimum atomic E-state index is -0.627. The molecule has 0 aliphatic carbocycles. The summed E-state index contributed by atoms with van der Waals surface area (Å²) in [5, 5.41) is 12.7. The maximum absolute atomic E-state index is 13.2. The smallest absolute Gasteiger partial charge is 0.319 e. The van der Waals surface area contributed by atoms with Gasteiger partial charge in [0.2, 0.25) is 11.9 Å². The van der Waals surface area contributed by atoms with Crippen molar-refractivity contribution in [2.24, 2.45) is 5.73 Å². The summed E-state index contributed by atoms with van der Waals surface area (Å²) in [6, 6.07) is 13.6. The number of imidazole rings is 1. The summed E-state index contributed by atoms with van der Waals surface area (Å²) in [5.74, 6) is -0.392. The molecular formula is C27H30N8O4. The van der Waals surface area contributed by atoms with Crippen LogP contribution in [-0.2, 0) is 13.1 Å². The number of benzene rings is 2. The average molecular weight is 531 g/mol. The highest BCUT2D eigenvalue weighted by atomic mass is 16.5. The Balaban J connectivity index is 1.58. The van der Waals surface area contributed by atoms with Crippen LogP contribution in [0.25, 0.3) is 11.0 Å². The summed E-state index contributed by atoms with van der Waals surface area (Å²) in [6.07, 6.45) is 3.60. The quantitative estimate of drug-likeness (QED) is 0.230. The highest BCUT2D eigenvalue weighted by Crippen LogP contribution is 2.31. The number of anilines is 2. The Bertz CT molecular complexity index is 1540. The van der Waals surface area contributed by atoms with Crippen molar-refractivity contribution in [1.29, 1.82) is 0 Å². The molecule has 4 amide bonds. The van der Waals surface area contributed by atoms with E-state index < -0.39 is 5.91 Å². The number of methoxy groups -OCH3 is 1. The number of allylic oxidation sites excluding steroid dienone is 1. The second-order valence-corrected chi connectivity index (χ2v) is 8.57. The number of hydrogen-bond donors (Lipinski definition) is 4. The van der Waals surface area contributed by atoms with E-state index in [1.807, 2.05) is 38.1 Å². The Morgan fingerprint density at radius 3 is 2.54 bits per heavy atom. The molecule has 0 saturated heterocycles. The molecule has 0 radical (unpaired) electrons.